The fourth-order valence-electron chi connectivity index (χ4n) is 2.02. The zero-order valence-corrected chi connectivity index (χ0v) is 14.8. The topological polar surface area (TPSA) is 55.8 Å². The number of hydrogen-bond donors (Lipinski definition) is 1. The molecule has 0 spiro atoms. The summed E-state index contributed by atoms with van der Waals surface area (Å²) >= 11 is 10.3. The van der Waals surface area contributed by atoms with E-state index in [9.17, 15) is 9.90 Å². The lowest BCUT2D eigenvalue weighted by Crippen LogP contribution is -2.08. The summed E-state index contributed by atoms with van der Waals surface area (Å²) in [5.74, 6) is -0.00929. The van der Waals surface area contributed by atoms with Crippen molar-refractivity contribution in [2.24, 2.45) is 0 Å². The van der Waals surface area contributed by atoms with E-state index in [-0.39, 0.29) is 22.7 Å². The predicted octanol–water partition coefficient (Wildman–Crippen LogP) is 3.53. The standard InChI is InChI=1S/C12H11Br3O4/c1-18-11-6(2-5(14)3-13)10(16)8-7(9(11)15)4-19-12(8)17/h5,16H,2-4H2,1H3. The molecular weight excluding hydrogens is 448 g/mol. The quantitative estimate of drug-likeness (QED) is 0.554. The highest BCUT2D eigenvalue weighted by Gasteiger charge is 2.33. The van der Waals surface area contributed by atoms with Crippen molar-refractivity contribution < 1.29 is 19.4 Å². The van der Waals surface area contributed by atoms with Gasteiger partial charge in [-0.05, 0) is 22.4 Å². The van der Waals surface area contributed by atoms with Gasteiger partial charge in [-0.1, -0.05) is 31.9 Å². The van der Waals surface area contributed by atoms with Gasteiger partial charge in [0.1, 0.15) is 23.7 Å². The Bertz CT molecular complexity index is 530. The van der Waals surface area contributed by atoms with Gasteiger partial charge in [0, 0.05) is 21.3 Å². The van der Waals surface area contributed by atoms with Crippen molar-refractivity contribution in [1.82, 2.24) is 0 Å². The van der Waals surface area contributed by atoms with Gasteiger partial charge in [0.05, 0.1) is 11.6 Å². The van der Waals surface area contributed by atoms with Crippen LogP contribution in [-0.2, 0) is 17.8 Å². The Labute approximate surface area is 135 Å². The van der Waals surface area contributed by atoms with Crippen molar-refractivity contribution in [2.75, 3.05) is 12.4 Å². The van der Waals surface area contributed by atoms with Crippen LogP contribution in [-0.4, -0.2) is 28.3 Å². The molecule has 1 atom stereocenters. The Balaban J connectivity index is 2.62. The third kappa shape index (κ3) is 2.64. The van der Waals surface area contributed by atoms with Crippen LogP contribution in [0.3, 0.4) is 0 Å². The number of esters is 1. The summed E-state index contributed by atoms with van der Waals surface area (Å²) in [7, 11) is 1.53. The number of carbonyl (C=O) groups is 1. The molecule has 0 aromatic heterocycles. The molecule has 2 rings (SSSR count). The third-order valence-corrected chi connectivity index (χ3v) is 6.05. The molecule has 19 heavy (non-hydrogen) atoms. The number of rotatable bonds is 4. The number of methoxy groups -OCH3 is 1. The van der Waals surface area contributed by atoms with Crippen LogP contribution in [0.1, 0.15) is 21.5 Å². The van der Waals surface area contributed by atoms with Gasteiger partial charge in [0.15, 0.2) is 0 Å². The molecule has 1 aliphatic rings. The van der Waals surface area contributed by atoms with E-state index in [1.54, 1.807) is 0 Å². The lowest BCUT2D eigenvalue weighted by atomic mass is 9.99. The van der Waals surface area contributed by atoms with Crippen molar-refractivity contribution in [3.8, 4) is 11.5 Å². The van der Waals surface area contributed by atoms with E-state index in [1.165, 1.54) is 7.11 Å². The largest absolute Gasteiger partial charge is 0.507 e. The van der Waals surface area contributed by atoms with E-state index < -0.39 is 5.97 Å². The van der Waals surface area contributed by atoms with Crippen molar-refractivity contribution in [3.63, 3.8) is 0 Å². The fourth-order valence-corrected chi connectivity index (χ4v) is 3.29. The number of phenolic OH excluding ortho intramolecular Hbond substituents is 1. The zero-order valence-electron chi connectivity index (χ0n) is 10.0. The molecule has 0 saturated heterocycles. The Kier molecular flexibility index (Phi) is 4.79. The Morgan fingerprint density at radius 3 is 2.79 bits per heavy atom. The van der Waals surface area contributed by atoms with E-state index in [2.05, 4.69) is 47.8 Å². The molecule has 1 heterocycles. The van der Waals surface area contributed by atoms with Crippen LogP contribution >= 0.6 is 47.8 Å². The number of ether oxygens (including phenoxy) is 2. The monoisotopic (exact) mass is 456 g/mol. The summed E-state index contributed by atoms with van der Waals surface area (Å²) in [6.07, 6.45) is 0.527. The lowest BCUT2D eigenvalue weighted by molar-refractivity contribution is 0.0532. The SMILES string of the molecule is COc1c(Br)c2c(c(O)c1CC(Br)CBr)C(=O)OC2. The highest BCUT2D eigenvalue weighted by Crippen LogP contribution is 2.45. The van der Waals surface area contributed by atoms with Crippen molar-refractivity contribution in [2.45, 2.75) is 17.9 Å². The van der Waals surface area contributed by atoms with Crippen molar-refractivity contribution >= 4 is 53.8 Å². The molecule has 1 aliphatic heterocycles. The van der Waals surface area contributed by atoms with Crippen LogP contribution in [0, 0.1) is 0 Å². The Morgan fingerprint density at radius 1 is 1.53 bits per heavy atom. The average Bonchev–Trinajstić information content (AvgIpc) is 2.78. The van der Waals surface area contributed by atoms with Crippen molar-refractivity contribution in [1.29, 1.82) is 0 Å². The molecule has 0 radical (unpaired) electrons. The molecule has 1 N–H and O–H groups in total. The first kappa shape index (κ1) is 15.1. The molecule has 1 aromatic carbocycles. The second-order valence-electron chi connectivity index (χ2n) is 4.06. The number of phenols is 1. The minimum absolute atomic E-state index is 0.0528. The van der Waals surface area contributed by atoms with Crippen LogP contribution in [0.4, 0.5) is 0 Å². The van der Waals surface area contributed by atoms with Gasteiger partial charge in [0.25, 0.3) is 0 Å². The van der Waals surface area contributed by atoms with Crippen LogP contribution < -0.4 is 4.74 Å². The maximum atomic E-state index is 11.7. The number of fused-ring (bicyclic) bond motifs is 1. The summed E-state index contributed by atoms with van der Waals surface area (Å²) in [5, 5.41) is 11.0. The number of aromatic hydroxyl groups is 1. The molecule has 0 amide bonds. The van der Waals surface area contributed by atoms with E-state index in [1.807, 2.05) is 0 Å². The molecule has 0 aliphatic carbocycles. The number of alkyl halides is 2. The molecule has 4 nitrogen and oxygen atoms in total. The molecular formula is C12H11Br3O4. The lowest BCUT2D eigenvalue weighted by Gasteiger charge is -2.16. The maximum absolute atomic E-state index is 11.7. The molecule has 7 heteroatoms. The van der Waals surface area contributed by atoms with Gasteiger partial charge < -0.3 is 14.6 Å². The number of hydrogen-bond acceptors (Lipinski definition) is 4. The van der Waals surface area contributed by atoms with Crippen LogP contribution in [0.2, 0.25) is 0 Å². The Hall–Kier alpha value is -0.270. The molecule has 0 saturated carbocycles. The van der Waals surface area contributed by atoms with Crippen LogP contribution in [0.5, 0.6) is 11.5 Å². The van der Waals surface area contributed by atoms with Crippen LogP contribution in [0.25, 0.3) is 0 Å². The summed E-state index contributed by atoms with van der Waals surface area (Å²) in [4.78, 5) is 11.8. The van der Waals surface area contributed by atoms with E-state index >= 15 is 0 Å². The van der Waals surface area contributed by atoms with Gasteiger partial charge in [-0.2, -0.15) is 0 Å². The summed E-state index contributed by atoms with van der Waals surface area (Å²) in [5.41, 5.74) is 1.46. The number of benzene rings is 1. The normalized spacial score (nSPS) is 15.1. The molecule has 104 valence electrons. The third-order valence-electron chi connectivity index (χ3n) is 2.91. The molecule has 0 bridgehead atoms. The van der Waals surface area contributed by atoms with Gasteiger partial charge in [0.2, 0.25) is 0 Å². The summed E-state index contributed by atoms with van der Waals surface area (Å²) in [6, 6.07) is 0. The van der Waals surface area contributed by atoms with E-state index in [4.69, 9.17) is 9.47 Å². The minimum Gasteiger partial charge on any atom is -0.507 e. The fraction of sp³-hybridized carbons (Fsp3) is 0.417. The van der Waals surface area contributed by atoms with Crippen molar-refractivity contribution in [3.05, 3.63) is 21.2 Å². The molecule has 1 aromatic rings. The first-order chi connectivity index (χ1) is 9.01. The number of cyclic esters (lactones) is 1. The zero-order chi connectivity index (χ0) is 14.2. The second kappa shape index (κ2) is 6.01. The summed E-state index contributed by atoms with van der Waals surface area (Å²) < 4.78 is 11.0. The average molecular weight is 459 g/mol. The first-order valence-electron chi connectivity index (χ1n) is 5.48. The molecule has 1 unspecified atom stereocenters. The maximum Gasteiger partial charge on any atom is 0.342 e. The molecule has 0 fully saturated rings. The van der Waals surface area contributed by atoms with Gasteiger partial charge in [-0.25, -0.2) is 4.79 Å². The number of carbonyl (C=O) groups excluding carboxylic acids is 1. The first-order valence-corrected chi connectivity index (χ1v) is 8.31. The van der Waals surface area contributed by atoms with Gasteiger partial charge in [-0.3, -0.25) is 0 Å². The highest BCUT2D eigenvalue weighted by atomic mass is 79.9. The predicted molar refractivity (Wildman–Crippen MR) is 81.7 cm³/mol. The van der Waals surface area contributed by atoms with Gasteiger partial charge >= 0.3 is 5.97 Å². The highest BCUT2D eigenvalue weighted by molar-refractivity contribution is 9.12. The number of halogens is 3. The Morgan fingerprint density at radius 2 is 2.21 bits per heavy atom. The minimum atomic E-state index is -0.498. The smallest absolute Gasteiger partial charge is 0.342 e. The summed E-state index contributed by atoms with van der Waals surface area (Å²) in [6.45, 7) is 0.148. The second-order valence-corrected chi connectivity index (χ2v) is 6.80. The van der Waals surface area contributed by atoms with Crippen LogP contribution in [0.15, 0.2) is 4.47 Å². The van der Waals surface area contributed by atoms with E-state index in [0.717, 1.165) is 5.33 Å². The van der Waals surface area contributed by atoms with Gasteiger partial charge in [-0.15, -0.1) is 0 Å². The van der Waals surface area contributed by atoms with E-state index in [0.29, 0.717) is 27.8 Å².